The zero-order valence-corrected chi connectivity index (χ0v) is 12.2. The zero-order valence-electron chi connectivity index (χ0n) is 12.2. The molecule has 2 amide bonds. The van der Waals surface area contributed by atoms with Crippen LogP contribution in [-0.2, 0) is 17.6 Å². The average molecular weight is 290 g/mol. The molecule has 0 aromatic carbocycles. The fourth-order valence-electron chi connectivity index (χ4n) is 3.38. The second-order valence-electron chi connectivity index (χ2n) is 6.09. The SMILES string of the molecule is O=C(CC1CCCC1)NNC(=O)c1n[nH]c2c1CCCC2. The Labute approximate surface area is 124 Å². The van der Waals surface area contributed by atoms with Crippen molar-refractivity contribution in [1.29, 1.82) is 0 Å². The second kappa shape index (κ2) is 6.28. The van der Waals surface area contributed by atoms with Gasteiger partial charge in [0.25, 0.3) is 5.91 Å². The summed E-state index contributed by atoms with van der Waals surface area (Å²) in [6.07, 6.45) is 9.21. The van der Waals surface area contributed by atoms with Gasteiger partial charge in [0, 0.05) is 17.7 Å². The van der Waals surface area contributed by atoms with Gasteiger partial charge in [-0.2, -0.15) is 5.10 Å². The molecule has 1 fully saturated rings. The molecule has 1 aromatic rings. The molecule has 0 saturated heterocycles. The molecule has 3 rings (SSSR count). The van der Waals surface area contributed by atoms with Crippen molar-refractivity contribution in [2.45, 2.75) is 57.8 Å². The number of fused-ring (bicyclic) bond motifs is 1. The van der Waals surface area contributed by atoms with E-state index in [1.807, 2.05) is 0 Å². The highest BCUT2D eigenvalue weighted by Gasteiger charge is 2.23. The number of aromatic amines is 1. The molecule has 2 aliphatic rings. The van der Waals surface area contributed by atoms with E-state index in [9.17, 15) is 9.59 Å². The summed E-state index contributed by atoms with van der Waals surface area (Å²) in [4.78, 5) is 23.9. The third kappa shape index (κ3) is 3.25. The van der Waals surface area contributed by atoms with Gasteiger partial charge in [0.2, 0.25) is 5.91 Å². The Bertz CT molecular complexity index is 532. The van der Waals surface area contributed by atoms with Crippen molar-refractivity contribution < 1.29 is 9.59 Å². The Hall–Kier alpha value is -1.85. The summed E-state index contributed by atoms with van der Waals surface area (Å²) in [6.45, 7) is 0. The lowest BCUT2D eigenvalue weighted by molar-refractivity contribution is -0.122. The topological polar surface area (TPSA) is 86.9 Å². The lowest BCUT2D eigenvalue weighted by Gasteiger charge is -2.12. The molecule has 1 heterocycles. The van der Waals surface area contributed by atoms with Crippen molar-refractivity contribution in [2.24, 2.45) is 5.92 Å². The van der Waals surface area contributed by atoms with Crippen LogP contribution < -0.4 is 10.9 Å². The Morgan fingerprint density at radius 3 is 2.67 bits per heavy atom. The monoisotopic (exact) mass is 290 g/mol. The van der Waals surface area contributed by atoms with Gasteiger partial charge < -0.3 is 0 Å². The molecule has 3 N–H and O–H groups in total. The van der Waals surface area contributed by atoms with Gasteiger partial charge in [-0.05, 0) is 44.4 Å². The lowest BCUT2D eigenvalue weighted by Crippen LogP contribution is -2.42. The number of nitrogens with zero attached hydrogens (tertiary/aromatic N) is 1. The van der Waals surface area contributed by atoms with E-state index in [4.69, 9.17) is 0 Å². The third-order valence-electron chi connectivity index (χ3n) is 4.54. The number of aryl methyl sites for hydroxylation is 1. The highest BCUT2D eigenvalue weighted by atomic mass is 16.2. The van der Waals surface area contributed by atoms with Crippen molar-refractivity contribution in [2.75, 3.05) is 0 Å². The Kier molecular flexibility index (Phi) is 4.22. The van der Waals surface area contributed by atoms with E-state index in [0.29, 0.717) is 18.0 Å². The van der Waals surface area contributed by atoms with E-state index in [1.165, 1.54) is 12.8 Å². The fourth-order valence-corrected chi connectivity index (χ4v) is 3.38. The summed E-state index contributed by atoms with van der Waals surface area (Å²) in [5.74, 6) is 0.0360. The molecule has 6 nitrogen and oxygen atoms in total. The van der Waals surface area contributed by atoms with Gasteiger partial charge in [-0.3, -0.25) is 25.5 Å². The van der Waals surface area contributed by atoms with Crippen LogP contribution in [0.1, 0.15) is 66.7 Å². The largest absolute Gasteiger partial charge is 0.290 e. The number of carbonyl (C=O) groups is 2. The van der Waals surface area contributed by atoms with Gasteiger partial charge in [-0.15, -0.1) is 0 Å². The molecule has 2 aliphatic carbocycles. The van der Waals surface area contributed by atoms with Crippen LogP contribution in [0.15, 0.2) is 0 Å². The minimum Gasteiger partial charge on any atom is -0.281 e. The molecule has 0 radical (unpaired) electrons. The molecule has 0 spiro atoms. The maximum atomic E-state index is 12.1. The highest BCUT2D eigenvalue weighted by Crippen LogP contribution is 2.27. The van der Waals surface area contributed by atoms with Crippen molar-refractivity contribution in [3.8, 4) is 0 Å². The molecule has 1 saturated carbocycles. The van der Waals surface area contributed by atoms with E-state index >= 15 is 0 Å². The number of rotatable bonds is 3. The number of carbonyl (C=O) groups excluding carboxylic acids is 2. The van der Waals surface area contributed by atoms with E-state index in [2.05, 4.69) is 21.0 Å². The number of nitrogens with one attached hydrogen (secondary N) is 3. The van der Waals surface area contributed by atoms with Gasteiger partial charge in [0.05, 0.1) is 0 Å². The van der Waals surface area contributed by atoms with Crippen LogP contribution in [0.4, 0.5) is 0 Å². The van der Waals surface area contributed by atoms with Gasteiger partial charge >= 0.3 is 0 Å². The minimum absolute atomic E-state index is 0.111. The maximum absolute atomic E-state index is 12.1. The maximum Gasteiger partial charge on any atom is 0.290 e. The Balaban J connectivity index is 1.52. The first-order chi connectivity index (χ1) is 10.2. The number of hydrogen-bond donors (Lipinski definition) is 3. The van der Waals surface area contributed by atoms with Crippen LogP contribution in [0, 0.1) is 5.92 Å². The normalized spacial score (nSPS) is 18.3. The molecule has 0 atom stereocenters. The predicted octanol–water partition coefficient (Wildman–Crippen LogP) is 1.63. The van der Waals surface area contributed by atoms with E-state index in [1.54, 1.807) is 0 Å². The summed E-state index contributed by atoms with van der Waals surface area (Å²) in [5.41, 5.74) is 7.48. The highest BCUT2D eigenvalue weighted by molar-refractivity contribution is 5.95. The van der Waals surface area contributed by atoms with Crippen LogP contribution in [-0.4, -0.2) is 22.0 Å². The zero-order chi connectivity index (χ0) is 14.7. The third-order valence-corrected chi connectivity index (χ3v) is 4.54. The summed E-state index contributed by atoms with van der Waals surface area (Å²) < 4.78 is 0. The van der Waals surface area contributed by atoms with Crippen molar-refractivity contribution >= 4 is 11.8 Å². The van der Waals surface area contributed by atoms with Gasteiger partial charge in [-0.25, -0.2) is 0 Å². The standard InChI is InChI=1S/C15H22N4O2/c20-13(9-10-5-1-2-6-10)17-19-15(21)14-11-7-3-4-8-12(11)16-18-14/h10H,1-9H2,(H,16,18)(H,17,20)(H,19,21). The van der Waals surface area contributed by atoms with E-state index in [0.717, 1.165) is 49.8 Å². The van der Waals surface area contributed by atoms with Crippen LogP contribution in [0.5, 0.6) is 0 Å². The van der Waals surface area contributed by atoms with Crippen molar-refractivity contribution in [3.05, 3.63) is 17.0 Å². The number of H-pyrrole nitrogens is 1. The Morgan fingerprint density at radius 1 is 1.10 bits per heavy atom. The molecule has 21 heavy (non-hydrogen) atoms. The van der Waals surface area contributed by atoms with Gasteiger partial charge in [0.1, 0.15) is 0 Å². The first kappa shape index (κ1) is 14.1. The summed E-state index contributed by atoms with van der Waals surface area (Å²) in [6, 6.07) is 0. The van der Waals surface area contributed by atoms with Gasteiger partial charge in [-0.1, -0.05) is 12.8 Å². The molecular formula is C15H22N4O2. The quantitative estimate of drug-likeness (QED) is 0.739. The second-order valence-corrected chi connectivity index (χ2v) is 6.09. The molecule has 6 heteroatoms. The van der Waals surface area contributed by atoms with Crippen molar-refractivity contribution in [3.63, 3.8) is 0 Å². The average Bonchev–Trinajstić information content (AvgIpc) is 3.13. The number of amides is 2. The fraction of sp³-hybridized carbons (Fsp3) is 0.667. The van der Waals surface area contributed by atoms with E-state index in [-0.39, 0.29) is 11.8 Å². The minimum atomic E-state index is -0.325. The first-order valence-electron chi connectivity index (χ1n) is 7.89. The smallest absolute Gasteiger partial charge is 0.281 e. The van der Waals surface area contributed by atoms with E-state index < -0.39 is 0 Å². The summed E-state index contributed by atoms with van der Waals surface area (Å²) in [5, 5.41) is 7.02. The number of hydrogen-bond acceptors (Lipinski definition) is 3. The molecule has 114 valence electrons. The molecule has 1 aromatic heterocycles. The molecular weight excluding hydrogens is 268 g/mol. The lowest BCUT2D eigenvalue weighted by atomic mass is 9.96. The van der Waals surface area contributed by atoms with Crippen molar-refractivity contribution in [1.82, 2.24) is 21.0 Å². The molecule has 0 unspecified atom stereocenters. The van der Waals surface area contributed by atoms with Crippen LogP contribution >= 0.6 is 0 Å². The Morgan fingerprint density at radius 2 is 1.86 bits per heavy atom. The van der Waals surface area contributed by atoms with Gasteiger partial charge in [0.15, 0.2) is 5.69 Å². The molecule has 0 bridgehead atoms. The predicted molar refractivity (Wildman–Crippen MR) is 77.4 cm³/mol. The molecule has 0 aliphatic heterocycles. The van der Waals surface area contributed by atoms with Crippen LogP contribution in [0.2, 0.25) is 0 Å². The number of aromatic nitrogens is 2. The van der Waals surface area contributed by atoms with Crippen LogP contribution in [0.25, 0.3) is 0 Å². The summed E-state index contributed by atoms with van der Waals surface area (Å²) >= 11 is 0. The number of hydrazine groups is 1. The summed E-state index contributed by atoms with van der Waals surface area (Å²) in [7, 11) is 0. The van der Waals surface area contributed by atoms with Crippen LogP contribution in [0.3, 0.4) is 0 Å². The first-order valence-corrected chi connectivity index (χ1v) is 7.89.